The maximum Gasteiger partial charge on any atom is 0.154 e. The van der Waals surface area contributed by atoms with Gasteiger partial charge in [-0.2, -0.15) is 0 Å². The third-order valence-corrected chi connectivity index (χ3v) is 2.77. The van der Waals surface area contributed by atoms with Crippen molar-refractivity contribution in [3.05, 3.63) is 22.5 Å². The number of imidazole rings is 1. The third-order valence-electron chi connectivity index (χ3n) is 2.26. The van der Waals surface area contributed by atoms with Gasteiger partial charge in [0.05, 0.1) is 17.7 Å². The first-order valence-corrected chi connectivity index (χ1v) is 5.35. The number of H-pyrrole nitrogens is 1. The number of fused-ring (bicyclic) bond motifs is 1. The number of halogens is 1. The van der Waals surface area contributed by atoms with Gasteiger partial charge in [0, 0.05) is 0 Å². The topological polar surface area (TPSA) is 63.9 Å². The molecule has 0 aliphatic heterocycles. The Morgan fingerprint density at radius 2 is 2.31 bits per heavy atom. The molecule has 0 saturated heterocycles. The number of nitrogens with two attached hydrogens (primary N) is 1. The van der Waals surface area contributed by atoms with Gasteiger partial charge in [-0.15, -0.1) is 0 Å². The molecule has 0 unspecified atom stereocenters. The second-order valence-electron chi connectivity index (χ2n) is 3.35. The Hall–Kier alpha value is -1.33. The van der Waals surface area contributed by atoms with Gasteiger partial charge in [0.25, 0.3) is 0 Å². The van der Waals surface area contributed by atoms with Crippen LogP contribution in [0.5, 0.6) is 5.75 Å². The summed E-state index contributed by atoms with van der Waals surface area (Å²) < 4.78 is 5.29. The molecular weight excluding hydrogens is 246 g/mol. The van der Waals surface area contributed by atoms with Crippen LogP contribution in [0.15, 0.2) is 6.07 Å². The molecule has 0 spiro atoms. The smallest absolute Gasteiger partial charge is 0.154 e. The number of aromatic nitrogens is 2. The summed E-state index contributed by atoms with van der Waals surface area (Å²) in [5.41, 5.74) is 7.61. The first-order chi connectivity index (χ1) is 7.54. The van der Waals surface area contributed by atoms with Crippen molar-refractivity contribution in [3.63, 3.8) is 0 Å². The average molecular weight is 256 g/mol. The van der Waals surface area contributed by atoms with E-state index in [0.29, 0.717) is 21.9 Å². The predicted molar refractivity (Wildman–Crippen MR) is 68.3 cm³/mol. The van der Waals surface area contributed by atoms with Crippen LogP contribution in [0.1, 0.15) is 11.4 Å². The number of aromatic amines is 1. The monoisotopic (exact) mass is 255 g/mol. The molecule has 0 amide bonds. The zero-order valence-electron chi connectivity index (χ0n) is 8.80. The summed E-state index contributed by atoms with van der Waals surface area (Å²) in [4.78, 5) is 7.59. The van der Waals surface area contributed by atoms with Crippen LogP contribution < -0.4 is 10.5 Å². The minimum atomic E-state index is 0.243. The molecular formula is C10H10ClN3OS. The van der Waals surface area contributed by atoms with Crippen LogP contribution in [-0.2, 0) is 0 Å². The molecule has 0 bridgehead atoms. The fraction of sp³-hybridized carbons (Fsp3) is 0.200. The van der Waals surface area contributed by atoms with Gasteiger partial charge >= 0.3 is 0 Å². The number of aryl methyl sites for hydroxylation is 1. The van der Waals surface area contributed by atoms with E-state index in [4.69, 9.17) is 34.3 Å². The van der Waals surface area contributed by atoms with Gasteiger partial charge in [-0.1, -0.05) is 23.8 Å². The summed E-state index contributed by atoms with van der Waals surface area (Å²) in [6.45, 7) is 1.84. The number of nitrogens with one attached hydrogen (secondary N) is 1. The van der Waals surface area contributed by atoms with E-state index in [0.717, 1.165) is 11.3 Å². The van der Waals surface area contributed by atoms with E-state index in [1.54, 1.807) is 13.2 Å². The molecule has 2 aromatic rings. The summed E-state index contributed by atoms with van der Waals surface area (Å²) >= 11 is 11.0. The lowest BCUT2D eigenvalue weighted by molar-refractivity contribution is 0.418. The highest BCUT2D eigenvalue weighted by atomic mass is 35.5. The highest BCUT2D eigenvalue weighted by Gasteiger charge is 2.16. The standard InChI is InChI=1S/C10H10ClN3OS/c1-4-13-7-6(11)3-5(10(12)16)9(15-2)8(7)14-4/h3H,1-2H3,(H2,12,16)(H,13,14). The van der Waals surface area contributed by atoms with Crippen molar-refractivity contribution in [3.8, 4) is 5.75 Å². The van der Waals surface area contributed by atoms with Gasteiger partial charge in [-0.3, -0.25) is 0 Å². The molecule has 0 saturated carbocycles. The summed E-state index contributed by atoms with van der Waals surface area (Å²) in [5, 5.41) is 0.503. The second kappa shape index (κ2) is 3.92. The second-order valence-corrected chi connectivity index (χ2v) is 4.20. The third kappa shape index (κ3) is 1.62. The molecule has 0 radical (unpaired) electrons. The molecule has 3 N–H and O–H groups in total. The molecule has 16 heavy (non-hydrogen) atoms. The van der Waals surface area contributed by atoms with Gasteiger partial charge in [0.2, 0.25) is 0 Å². The molecule has 0 aliphatic carbocycles. The van der Waals surface area contributed by atoms with Crippen molar-refractivity contribution in [1.29, 1.82) is 0 Å². The molecule has 1 heterocycles. The van der Waals surface area contributed by atoms with Gasteiger partial charge < -0.3 is 15.5 Å². The van der Waals surface area contributed by atoms with E-state index in [-0.39, 0.29) is 4.99 Å². The molecule has 1 aromatic carbocycles. The number of hydrogen-bond acceptors (Lipinski definition) is 3. The van der Waals surface area contributed by atoms with Crippen LogP contribution in [0, 0.1) is 6.92 Å². The molecule has 2 rings (SSSR count). The number of benzene rings is 1. The minimum absolute atomic E-state index is 0.243. The molecule has 4 nitrogen and oxygen atoms in total. The Morgan fingerprint density at radius 1 is 1.62 bits per heavy atom. The van der Waals surface area contributed by atoms with Crippen molar-refractivity contribution in [2.75, 3.05) is 7.11 Å². The van der Waals surface area contributed by atoms with Crippen LogP contribution in [0.4, 0.5) is 0 Å². The molecule has 1 aromatic heterocycles. The van der Waals surface area contributed by atoms with Gasteiger partial charge in [-0.25, -0.2) is 4.98 Å². The summed E-state index contributed by atoms with van der Waals surface area (Å²) in [6.07, 6.45) is 0. The first-order valence-electron chi connectivity index (χ1n) is 4.57. The maximum atomic E-state index is 6.10. The molecule has 0 aliphatic rings. The number of hydrogen-bond donors (Lipinski definition) is 2. The lowest BCUT2D eigenvalue weighted by Gasteiger charge is -2.08. The Morgan fingerprint density at radius 3 is 2.88 bits per heavy atom. The highest BCUT2D eigenvalue weighted by molar-refractivity contribution is 7.80. The normalized spacial score (nSPS) is 10.7. The van der Waals surface area contributed by atoms with Crippen LogP contribution in [0.3, 0.4) is 0 Å². The first kappa shape index (κ1) is 11.2. The van der Waals surface area contributed by atoms with E-state index >= 15 is 0 Å². The Labute approximate surface area is 103 Å². The summed E-state index contributed by atoms with van der Waals surface area (Å²) in [7, 11) is 1.56. The fourth-order valence-electron chi connectivity index (χ4n) is 1.62. The number of ether oxygens (including phenoxy) is 1. The number of rotatable bonds is 2. The Kier molecular flexibility index (Phi) is 2.73. The quantitative estimate of drug-likeness (QED) is 0.808. The van der Waals surface area contributed by atoms with Gasteiger partial charge in [0.1, 0.15) is 21.8 Å². The number of nitrogens with zero attached hydrogens (tertiary/aromatic N) is 1. The summed E-state index contributed by atoms with van der Waals surface area (Å²) in [6, 6.07) is 1.67. The van der Waals surface area contributed by atoms with Crippen molar-refractivity contribution >= 4 is 39.8 Å². The highest BCUT2D eigenvalue weighted by Crippen LogP contribution is 2.33. The number of thiocarbonyl (C=S) groups is 1. The van der Waals surface area contributed by atoms with Crippen molar-refractivity contribution in [2.24, 2.45) is 5.73 Å². The number of methoxy groups -OCH3 is 1. The lowest BCUT2D eigenvalue weighted by atomic mass is 10.1. The molecule has 0 atom stereocenters. The van der Waals surface area contributed by atoms with Crippen LogP contribution in [-0.4, -0.2) is 22.1 Å². The Bertz CT molecular complexity index is 579. The molecule has 6 heteroatoms. The Balaban J connectivity index is 2.89. The minimum Gasteiger partial charge on any atom is -0.494 e. The van der Waals surface area contributed by atoms with Crippen LogP contribution in [0.25, 0.3) is 11.0 Å². The van der Waals surface area contributed by atoms with Crippen molar-refractivity contribution in [1.82, 2.24) is 9.97 Å². The summed E-state index contributed by atoms with van der Waals surface area (Å²) in [5.74, 6) is 1.34. The van der Waals surface area contributed by atoms with Crippen molar-refractivity contribution in [2.45, 2.75) is 6.92 Å². The zero-order valence-corrected chi connectivity index (χ0v) is 10.4. The van der Waals surface area contributed by atoms with E-state index in [1.807, 2.05) is 6.92 Å². The largest absolute Gasteiger partial charge is 0.494 e. The lowest BCUT2D eigenvalue weighted by Crippen LogP contribution is -2.11. The maximum absolute atomic E-state index is 6.10. The van der Waals surface area contributed by atoms with Gasteiger partial charge in [0.15, 0.2) is 5.75 Å². The SMILES string of the molecule is COc1c(C(N)=S)cc(Cl)c2nc(C)[nH]c12. The fourth-order valence-corrected chi connectivity index (χ4v) is 2.02. The molecule has 0 fully saturated rings. The van der Waals surface area contributed by atoms with E-state index < -0.39 is 0 Å². The molecule has 84 valence electrons. The van der Waals surface area contributed by atoms with E-state index in [9.17, 15) is 0 Å². The van der Waals surface area contributed by atoms with Crippen LogP contribution in [0.2, 0.25) is 5.02 Å². The predicted octanol–water partition coefficient (Wildman–Crippen LogP) is 2.17. The van der Waals surface area contributed by atoms with Crippen LogP contribution >= 0.6 is 23.8 Å². The van der Waals surface area contributed by atoms with Crippen molar-refractivity contribution < 1.29 is 4.74 Å². The van der Waals surface area contributed by atoms with E-state index in [2.05, 4.69) is 9.97 Å². The van der Waals surface area contributed by atoms with Gasteiger partial charge in [-0.05, 0) is 13.0 Å². The average Bonchev–Trinajstić information content (AvgIpc) is 2.60. The zero-order chi connectivity index (χ0) is 11.9. The van der Waals surface area contributed by atoms with E-state index in [1.165, 1.54) is 0 Å².